The molecule has 0 N–H and O–H groups in total. The van der Waals surface area contributed by atoms with Gasteiger partial charge in [0.15, 0.2) is 0 Å². The van der Waals surface area contributed by atoms with Crippen molar-refractivity contribution in [2.45, 2.75) is 31.9 Å². The molecule has 1 aromatic heterocycles. The van der Waals surface area contributed by atoms with Gasteiger partial charge in [-0.25, -0.2) is 0 Å². The second-order valence-electron chi connectivity index (χ2n) is 5.07. The Balaban J connectivity index is 1.81. The lowest BCUT2D eigenvalue weighted by atomic mass is 10.1. The summed E-state index contributed by atoms with van der Waals surface area (Å²) in [5, 5.41) is 0.589. The summed E-state index contributed by atoms with van der Waals surface area (Å²) in [5.41, 5.74) is 0. The molecule has 0 aromatic carbocycles. The fourth-order valence-corrected chi connectivity index (χ4v) is 3.45. The highest BCUT2D eigenvalue weighted by Gasteiger charge is 2.25. The van der Waals surface area contributed by atoms with Crippen LogP contribution in [0.4, 0.5) is 0 Å². The monoisotopic (exact) mass is 267 g/mol. The van der Waals surface area contributed by atoms with Gasteiger partial charge < -0.3 is 9.32 Å². The third-order valence-electron chi connectivity index (χ3n) is 3.36. The van der Waals surface area contributed by atoms with Crippen molar-refractivity contribution in [2.75, 3.05) is 18.8 Å². The van der Waals surface area contributed by atoms with Crippen LogP contribution in [-0.4, -0.2) is 34.9 Å². The van der Waals surface area contributed by atoms with Crippen molar-refractivity contribution in [1.82, 2.24) is 4.90 Å². The molecule has 4 heteroatoms. The van der Waals surface area contributed by atoms with Crippen molar-refractivity contribution in [2.24, 2.45) is 5.92 Å². The third kappa shape index (κ3) is 3.55. The van der Waals surface area contributed by atoms with E-state index in [4.69, 9.17) is 4.42 Å². The molecule has 2 heterocycles. The molecule has 0 aliphatic carbocycles. The van der Waals surface area contributed by atoms with Gasteiger partial charge in [0.05, 0.1) is 6.26 Å². The van der Waals surface area contributed by atoms with E-state index in [9.17, 15) is 4.79 Å². The maximum atomic E-state index is 12.1. The predicted molar refractivity (Wildman–Crippen MR) is 74.7 cm³/mol. The fourth-order valence-electron chi connectivity index (χ4n) is 2.15. The highest BCUT2D eigenvalue weighted by Crippen LogP contribution is 2.25. The quantitative estimate of drug-likeness (QED) is 0.841. The maximum Gasteiger partial charge on any atom is 0.223 e. The van der Waals surface area contributed by atoms with Crippen molar-refractivity contribution in [3.8, 4) is 0 Å². The van der Waals surface area contributed by atoms with E-state index in [0.717, 1.165) is 24.6 Å². The van der Waals surface area contributed by atoms with Gasteiger partial charge in [-0.3, -0.25) is 4.79 Å². The minimum atomic E-state index is 0.261. The van der Waals surface area contributed by atoms with E-state index in [1.807, 2.05) is 28.8 Å². The average molecular weight is 267 g/mol. The summed E-state index contributed by atoms with van der Waals surface area (Å²) in [6.45, 7) is 6.26. The maximum absolute atomic E-state index is 12.1. The van der Waals surface area contributed by atoms with E-state index in [2.05, 4.69) is 13.8 Å². The van der Waals surface area contributed by atoms with Crippen molar-refractivity contribution in [1.29, 1.82) is 0 Å². The van der Waals surface area contributed by atoms with E-state index >= 15 is 0 Å². The molecule has 0 radical (unpaired) electrons. The lowest BCUT2D eigenvalue weighted by molar-refractivity contribution is -0.131. The van der Waals surface area contributed by atoms with Gasteiger partial charge in [-0.1, -0.05) is 13.8 Å². The first-order chi connectivity index (χ1) is 8.66. The number of furan rings is 1. The lowest BCUT2D eigenvalue weighted by Crippen LogP contribution is -2.43. The van der Waals surface area contributed by atoms with E-state index in [1.165, 1.54) is 0 Å². The number of hydrogen-bond donors (Lipinski definition) is 0. The minimum Gasteiger partial charge on any atom is -0.469 e. The van der Waals surface area contributed by atoms with Gasteiger partial charge >= 0.3 is 0 Å². The van der Waals surface area contributed by atoms with Crippen molar-refractivity contribution in [3.63, 3.8) is 0 Å². The van der Waals surface area contributed by atoms with Crippen LogP contribution in [0.2, 0.25) is 0 Å². The largest absolute Gasteiger partial charge is 0.469 e. The second kappa shape index (κ2) is 6.32. The Morgan fingerprint density at radius 3 is 3.11 bits per heavy atom. The molecule has 1 atom stereocenters. The molecule has 0 saturated carbocycles. The van der Waals surface area contributed by atoms with Crippen LogP contribution >= 0.6 is 11.8 Å². The first-order valence-corrected chi connectivity index (χ1v) is 7.63. The molecule has 1 amide bonds. The van der Waals surface area contributed by atoms with Gasteiger partial charge in [0, 0.05) is 36.9 Å². The smallest absolute Gasteiger partial charge is 0.223 e. The summed E-state index contributed by atoms with van der Waals surface area (Å²) in [5.74, 6) is 2.86. The molecule has 2 rings (SSSR count). The van der Waals surface area contributed by atoms with Crippen LogP contribution in [0.1, 0.15) is 26.0 Å². The Bertz CT molecular complexity index is 375. The van der Waals surface area contributed by atoms with Crippen LogP contribution < -0.4 is 0 Å². The molecule has 3 nitrogen and oxygen atoms in total. The van der Waals surface area contributed by atoms with Gasteiger partial charge in [-0.05, 0) is 18.1 Å². The number of rotatable bonds is 4. The van der Waals surface area contributed by atoms with Gasteiger partial charge in [0.1, 0.15) is 5.76 Å². The summed E-state index contributed by atoms with van der Waals surface area (Å²) < 4.78 is 5.26. The van der Waals surface area contributed by atoms with E-state index < -0.39 is 0 Å². The zero-order chi connectivity index (χ0) is 13.0. The number of hydrogen-bond acceptors (Lipinski definition) is 3. The topological polar surface area (TPSA) is 33.5 Å². The highest BCUT2D eigenvalue weighted by atomic mass is 32.2. The molecule has 1 saturated heterocycles. The van der Waals surface area contributed by atoms with E-state index in [0.29, 0.717) is 24.0 Å². The fraction of sp³-hybridized carbons (Fsp3) is 0.643. The molecular formula is C14H21NO2S. The Labute approximate surface area is 113 Å². The first-order valence-electron chi connectivity index (χ1n) is 6.58. The predicted octanol–water partition coefficient (Wildman–Crippen LogP) is 2.81. The number of thioether (sulfide) groups is 1. The van der Waals surface area contributed by atoms with Gasteiger partial charge in [-0.15, -0.1) is 0 Å². The van der Waals surface area contributed by atoms with Crippen LogP contribution in [0.15, 0.2) is 22.8 Å². The Morgan fingerprint density at radius 2 is 2.44 bits per heavy atom. The van der Waals surface area contributed by atoms with Gasteiger partial charge in [0.25, 0.3) is 0 Å². The van der Waals surface area contributed by atoms with E-state index in [-0.39, 0.29) is 5.91 Å². The highest BCUT2D eigenvalue weighted by molar-refractivity contribution is 8.00. The number of amides is 1. The van der Waals surface area contributed by atoms with Crippen molar-refractivity contribution in [3.05, 3.63) is 24.2 Å². The summed E-state index contributed by atoms with van der Waals surface area (Å²) in [6, 6.07) is 3.79. The summed E-state index contributed by atoms with van der Waals surface area (Å²) in [7, 11) is 0. The minimum absolute atomic E-state index is 0.261. The second-order valence-corrected chi connectivity index (χ2v) is 6.42. The molecular weight excluding hydrogens is 246 g/mol. The molecule has 0 unspecified atom stereocenters. The number of aryl methyl sites for hydroxylation is 1. The number of carbonyl (C=O) groups is 1. The number of nitrogens with zero attached hydrogens (tertiary/aromatic N) is 1. The summed E-state index contributed by atoms with van der Waals surface area (Å²) >= 11 is 2.00. The summed E-state index contributed by atoms with van der Waals surface area (Å²) in [4.78, 5) is 14.2. The van der Waals surface area contributed by atoms with Crippen molar-refractivity contribution >= 4 is 17.7 Å². The third-order valence-corrected chi connectivity index (χ3v) is 4.89. The molecule has 0 bridgehead atoms. The number of carbonyl (C=O) groups excluding carboxylic acids is 1. The van der Waals surface area contributed by atoms with Crippen LogP contribution in [0.5, 0.6) is 0 Å². The Hall–Kier alpha value is -0.900. The first kappa shape index (κ1) is 13.5. The standard InChI is InChI=1S/C14H21NO2S/c1-11(2)13-10-15(7-9-18-13)14(16)6-5-12-4-3-8-17-12/h3-4,8,11,13H,5-7,9-10H2,1-2H3/t13-/m0/s1. The zero-order valence-electron chi connectivity index (χ0n) is 11.1. The Morgan fingerprint density at radius 1 is 1.61 bits per heavy atom. The molecule has 1 fully saturated rings. The van der Waals surface area contributed by atoms with Crippen molar-refractivity contribution < 1.29 is 9.21 Å². The lowest BCUT2D eigenvalue weighted by Gasteiger charge is -2.34. The Kier molecular flexibility index (Phi) is 4.75. The van der Waals surface area contributed by atoms with E-state index in [1.54, 1.807) is 6.26 Å². The molecule has 1 aliphatic rings. The average Bonchev–Trinajstić information content (AvgIpc) is 2.89. The van der Waals surface area contributed by atoms with Crippen LogP contribution in [0, 0.1) is 5.92 Å². The molecule has 1 aliphatic heterocycles. The van der Waals surface area contributed by atoms with Crippen LogP contribution in [0.25, 0.3) is 0 Å². The molecule has 1 aromatic rings. The molecule has 0 spiro atoms. The van der Waals surface area contributed by atoms with Gasteiger partial charge in [-0.2, -0.15) is 11.8 Å². The van der Waals surface area contributed by atoms with Crippen LogP contribution in [0.3, 0.4) is 0 Å². The molecule has 18 heavy (non-hydrogen) atoms. The van der Waals surface area contributed by atoms with Gasteiger partial charge in [0.2, 0.25) is 5.91 Å². The van der Waals surface area contributed by atoms with Crippen LogP contribution in [-0.2, 0) is 11.2 Å². The molecule has 100 valence electrons. The normalized spacial score (nSPS) is 20.4. The SMILES string of the molecule is CC(C)[C@@H]1CN(C(=O)CCc2ccco2)CCS1. The zero-order valence-corrected chi connectivity index (χ0v) is 11.9. The summed E-state index contributed by atoms with van der Waals surface area (Å²) in [6.07, 6.45) is 2.93.